The molecule has 0 bridgehead atoms. The van der Waals surface area contributed by atoms with E-state index in [4.69, 9.17) is 5.73 Å². The van der Waals surface area contributed by atoms with Crippen LogP contribution in [0.3, 0.4) is 0 Å². The molecule has 1 aromatic carbocycles. The number of aliphatic carboxylic acids is 1. The highest BCUT2D eigenvalue weighted by Crippen LogP contribution is 2.20. The average molecular weight is 290 g/mol. The van der Waals surface area contributed by atoms with Crippen LogP contribution in [0.15, 0.2) is 24.3 Å². The van der Waals surface area contributed by atoms with Gasteiger partial charge < -0.3 is 15.7 Å². The molecule has 0 spiro atoms. The molecule has 21 heavy (non-hydrogen) atoms. The van der Waals surface area contributed by atoms with Gasteiger partial charge in [0, 0.05) is 12.1 Å². The molecule has 1 fully saturated rings. The molecule has 1 saturated heterocycles. The van der Waals surface area contributed by atoms with Gasteiger partial charge in [-0.05, 0) is 43.5 Å². The monoisotopic (exact) mass is 290 g/mol. The van der Waals surface area contributed by atoms with Gasteiger partial charge in [0.25, 0.3) is 5.91 Å². The van der Waals surface area contributed by atoms with Crippen molar-refractivity contribution in [2.24, 2.45) is 5.73 Å². The Kier molecular flexibility index (Phi) is 5.33. The maximum Gasteiger partial charge on any atom is 0.326 e. The van der Waals surface area contributed by atoms with Gasteiger partial charge in [0.15, 0.2) is 0 Å². The molecule has 1 aliphatic rings. The Labute approximate surface area is 124 Å². The summed E-state index contributed by atoms with van der Waals surface area (Å²) in [4.78, 5) is 25.5. The first-order valence-corrected chi connectivity index (χ1v) is 7.46. The van der Waals surface area contributed by atoms with Crippen molar-refractivity contribution >= 4 is 11.9 Å². The van der Waals surface area contributed by atoms with Crippen molar-refractivity contribution in [1.82, 2.24) is 4.90 Å². The van der Waals surface area contributed by atoms with E-state index in [1.807, 2.05) is 12.1 Å². The zero-order valence-electron chi connectivity index (χ0n) is 12.1. The smallest absolute Gasteiger partial charge is 0.326 e. The molecule has 114 valence electrons. The van der Waals surface area contributed by atoms with E-state index in [0.717, 1.165) is 31.2 Å². The van der Waals surface area contributed by atoms with Crippen LogP contribution in [0.4, 0.5) is 0 Å². The minimum Gasteiger partial charge on any atom is -0.480 e. The van der Waals surface area contributed by atoms with Gasteiger partial charge in [-0.3, -0.25) is 4.79 Å². The second-order valence-corrected chi connectivity index (χ2v) is 5.44. The largest absolute Gasteiger partial charge is 0.480 e. The van der Waals surface area contributed by atoms with Crippen LogP contribution in [0.25, 0.3) is 0 Å². The van der Waals surface area contributed by atoms with E-state index in [0.29, 0.717) is 25.1 Å². The van der Waals surface area contributed by atoms with Crippen molar-refractivity contribution in [3.8, 4) is 0 Å². The predicted octanol–water partition coefficient (Wildman–Crippen LogP) is 1.66. The summed E-state index contributed by atoms with van der Waals surface area (Å²) < 4.78 is 0. The fraction of sp³-hybridized carbons (Fsp3) is 0.500. The van der Waals surface area contributed by atoms with E-state index in [1.165, 1.54) is 4.90 Å². The lowest BCUT2D eigenvalue weighted by Crippen LogP contribution is -2.44. The number of benzene rings is 1. The first kappa shape index (κ1) is 15.5. The number of carboxylic acid groups (broad SMARTS) is 1. The summed E-state index contributed by atoms with van der Waals surface area (Å²) >= 11 is 0. The third-order valence-electron chi connectivity index (χ3n) is 3.93. The van der Waals surface area contributed by atoms with Gasteiger partial charge in [-0.25, -0.2) is 4.79 Å². The number of likely N-dealkylation sites (tertiary alicyclic amines) is 1. The van der Waals surface area contributed by atoms with Gasteiger partial charge >= 0.3 is 5.97 Å². The van der Waals surface area contributed by atoms with Crippen LogP contribution < -0.4 is 5.73 Å². The quantitative estimate of drug-likeness (QED) is 0.883. The van der Waals surface area contributed by atoms with Gasteiger partial charge in [0.1, 0.15) is 6.04 Å². The molecule has 0 aromatic heterocycles. The second kappa shape index (κ2) is 7.22. The van der Waals surface area contributed by atoms with Crippen LogP contribution in [0.1, 0.15) is 41.6 Å². The van der Waals surface area contributed by atoms with Gasteiger partial charge in [-0.1, -0.05) is 25.0 Å². The van der Waals surface area contributed by atoms with Crippen LogP contribution in [0.5, 0.6) is 0 Å². The third-order valence-corrected chi connectivity index (χ3v) is 3.93. The van der Waals surface area contributed by atoms with Gasteiger partial charge in [-0.15, -0.1) is 0 Å². The topological polar surface area (TPSA) is 83.6 Å². The fourth-order valence-corrected chi connectivity index (χ4v) is 2.75. The molecule has 0 saturated carbocycles. The summed E-state index contributed by atoms with van der Waals surface area (Å²) in [6, 6.07) is 6.58. The Balaban J connectivity index is 2.17. The number of carbonyl (C=O) groups is 2. The zero-order chi connectivity index (χ0) is 15.2. The molecule has 1 atom stereocenters. The van der Waals surface area contributed by atoms with E-state index in [2.05, 4.69) is 0 Å². The lowest BCUT2D eigenvalue weighted by atomic mass is 10.1. The molecule has 5 nitrogen and oxygen atoms in total. The summed E-state index contributed by atoms with van der Waals surface area (Å²) in [5.74, 6) is -1.10. The highest BCUT2D eigenvalue weighted by Gasteiger charge is 2.31. The molecular formula is C16H22N2O3. The summed E-state index contributed by atoms with van der Waals surface area (Å²) in [5.41, 5.74) is 7.13. The number of hydrogen-bond donors (Lipinski definition) is 2. The lowest BCUT2D eigenvalue weighted by Gasteiger charge is -2.27. The van der Waals surface area contributed by atoms with Crippen molar-refractivity contribution in [3.05, 3.63) is 35.4 Å². The van der Waals surface area contributed by atoms with E-state index in [1.54, 1.807) is 12.1 Å². The van der Waals surface area contributed by atoms with E-state index >= 15 is 0 Å². The van der Waals surface area contributed by atoms with Crippen LogP contribution in [0, 0.1) is 0 Å². The minimum absolute atomic E-state index is 0.191. The van der Waals surface area contributed by atoms with Gasteiger partial charge in [0.05, 0.1) is 0 Å². The molecule has 1 amide bonds. The molecular weight excluding hydrogens is 268 g/mol. The van der Waals surface area contributed by atoms with Crippen molar-refractivity contribution < 1.29 is 14.7 Å². The summed E-state index contributed by atoms with van der Waals surface area (Å²) in [6.07, 6.45) is 4.00. The number of nitrogens with zero attached hydrogens (tertiary/aromatic N) is 1. The molecule has 1 aromatic rings. The van der Waals surface area contributed by atoms with Crippen molar-refractivity contribution in [3.63, 3.8) is 0 Å². The van der Waals surface area contributed by atoms with Crippen LogP contribution in [-0.2, 0) is 11.2 Å². The van der Waals surface area contributed by atoms with Crippen molar-refractivity contribution in [2.45, 2.75) is 38.1 Å². The molecule has 5 heteroatoms. The normalized spacial score (nSPS) is 19.1. The first-order chi connectivity index (χ1) is 10.1. The Bertz CT molecular complexity index is 499. The van der Waals surface area contributed by atoms with E-state index < -0.39 is 12.0 Å². The summed E-state index contributed by atoms with van der Waals surface area (Å²) in [7, 11) is 0. The van der Waals surface area contributed by atoms with E-state index in [-0.39, 0.29) is 5.91 Å². The molecule has 1 aliphatic heterocycles. The molecule has 2 rings (SSSR count). The lowest BCUT2D eigenvalue weighted by molar-refractivity contribution is -0.142. The molecule has 1 unspecified atom stereocenters. The molecule has 0 aliphatic carbocycles. The Hall–Kier alpha value is -1.88. The zero-order valence-corrected chi connectivity index (χ0v) is 12.1. The number of amides is 1. The fourth-order valence-electron chi connectivity index (χ4n) is 2.75. The van der Waals surface area contributed by atoms with Crippen molar-refractivity contribution in [2.75, 3.05) is 13.1 Å². The number of rotatable bonds is 4. The second-order valence-electron chi connectivity index (χ2n) is 5.44. The van der Waals surface area contributed by atoms with Gasteiger partial charge in [0.2, 0.25) is 0 Å². The number of nitrogens with two attached hydrogens (primary N) is 1. The standard InChI is InChI=1S/C16H22N2O3/c17-10-9-12-5-7-13(8-6-12)15(19)18-11-3-1-2-4-14(18)16(20)21/h5-8,14H,1-4,9-11,17H2,(H,20,21). The van der Waals surface area contributed by atoms with Crippen LogP contribution in [-0.4, -0.2) is 41.0 Å². The highest BCUT2D eigenvalue weighted by atomic mass is 16.4. The highest BCUT2D eigenvalue weighted by molar-refractivity contribution is 5.96. The maximum atomic E-state index is 12.6. The van der Waals surface area contributed by atoms with Crippen molar-refractivity contribution in [1.29, 1.82) is 0 Å². The Morgan fingerprint density at radius 1 is 1.19 bits per heavy atom. The Morgan fingerprint density at radius 3 is 2.52 bits per heavy atom. The number of carboxylic acids is 1. The molecule has 3 N–H and O–H groups in total. The summed E-state index contributed by atoms with van der Waals surface area (Å²) in [6.45, 7) is 1.08. The number of hydrogen-bond acceptors (Lipinski definition) is 3. The number of carbonyl (C=O) groups excluding carboxylic acids is 1. The minimum atomic E-state index is -0.912. The SMILES string of the molecule is NCCc1ccc(C(=O)N2CCCCCC2C(=O)O)cc1. The maximum absolute atomic E-state index is 12.6. The summed E-state index contributed by atoms with van der Waals surface area (Å²) in [5, 5.41) is 9.34. The molecule has 1 heterocycles. The first-order valence-electron chi connectivity index (χ1n) is 7.46. The van der Waals surface area contributed by atoms with E-state index in [9.17, 15) is 14.7 Å². The van der Waals surface area contributed by atoms with Gasteiger partial charge in [-0.2, -0.15) is 0 Å². The molecule has 0 radical (unpaired) electrons. The predicted molar refractivity (Wildman–Crippen MR) is 80.1 cm³/mol. The van der Waals surface area contributed by atoms with Crippen LogP contribution in [0.2, 0.25) is 0 Å². The third kappa shape index (κ3) is 3.82. The average Bonchev–Trinajstić information content (AvgIpc) is 2.73. The Morgan fingerprint density at radius 2 is 1.90 bits per heavy atom. The van der Waals surface area contributed by atoms with Crippen LogP contribution >= 0.6 is 0 Å².